The summed E-state index contributed by atoms with van der Waals surface area (Å²) in [6, 6.07) is 4.90. The topological polar surface area (TPSA) is 73.9 Å². The molecule has 6 nitrogen and oxygen atoms in total. The number of benzene rings is 1. The summed E-state index contributed by atoms with van der Waals surface area (Å²) >= 11 is 0. The van der Waals surface area contributed by atoms with Crippen LogP contribution in [0.15, 0.2) is 18.2 Å². The van der Waals surface area contributed by atoms with Crippen molar-refractivity contribution >= 4 is 17.6 Å². The summed E-state index contributed by atoms with van der Waals surface area (Å²) in [7, 11) is 2.78. The summed E-state index contributed by atoms with van der Waals surface area (Å²) < 4.78 is 15.8. The number of hydrogen-bond donors (Lipinski definition) is 1. The molecule has 24 heavy (non-hydrogen) atoms. The van der Waals surface area contributed by atoms with Gasteiger partial charge in [-0.25, -0.2) is 4.79 Å². The molecule has 0 unspecified atom stereocenters. The molecule has 1 fully saturated rings. The molecule has 1 aliphatic carbocycles. The van der Waals surface area contributed by atoms with Crippen molar-refractivity contribution in [3.8, 4) is 5.75 Å². The Labute approximate surface area is 142 Å². The van der Waals surface area contributed by atoms with Gasteiger partial charge in [-0.05, 0) is 50.3 Å². The second kappa shape index (κ2) is 8.15. The molecule has 1 saturated carbocycles. The summed E-state index contributed by atoms with van der Waals surface area (Å²) in [6.07, 6.45) is 4.27. The van der Waals surface area contributed by atoms with E-state index < -0.39 is 11.6 Å². The van der Waals surface area contributed by atoms with Gasteiger partial charge in [-0.3, -0.25) is 4.79 Å². The fourth-order valence-corrected chi connectivity index (χ4v) is 2.98. The van der Waals surface area contributed by atoms with Crippen molar-refractivity contribution in [1.82, 2.24) is 0 Å². The Kier molecular flexibility index (Phi) is 6.20. The molecule has 0 saturated heterocycles. The predicted octanol–water partition coefficient (Wildman–Crippen LogP) is 3.16. The zero-order valence-corrected chi connectivity index (χ0v) is 14.5. The van der Waals surface area contributed by atoms with Gasteiger partial charge in [0.2, 0.25) is 0 Å². The summed E-state index contributed by atoms with van der Waals surface area (Å²) in [5.74, 6) is -0.271. The highest BCUT2D eigenvalue weighted by Gasteiger charge is 2.42. The summed E-state index contributed by atoms with van der Waals surface area (Å²) in [4.78, 5) is 24.6. The molecule has 0 spiro atoms. The number of rotatable bonds is 7. The average molecular weight is 335 g/mol. The fraction of sp³-hybridized carbons (Fsp3) is 0.556. The third kappa shape index (κ3) is 3.87. The third-order valence-electron chi connectivity index (χ3n) is 4.27. The van der Waals surface area contributed by atoms with Crippen molar-refractivity contribution < 1.29 is 23.8 Å². The molecule has 1 aromatic carbocycles. The highest BCUT2D eigenvalue weighted by Crippen LogP contribution is 2.35. The number of carbonyl (C=O) groups is 2. The Bertz CT molecular complexity index is 593. The zero-order valence-electron chi connectivity index (χ0n) is 14.5. The van der Waals surface area contributed by atoms with Crippen LogP contribution in [-0.2, 0) is 14.3 Å². The van der Waals surface area contributed by atoms with Gasteiger partial charge in [-0.15, -0.1) is 0 Å². The first-order valence-corrected chi connectivity index (χ1v) is 8.28. The Hall–Kier alpha value is -2.08. The Morgan fingerprint density at radius 2 is 1.92 bits per heavy atom. The second-order valence-electron chi connectivity index (χ2n) is 5.91. The van der Waals surface area contributed by atoms with Crippen molar-refractivity contribution in [3.05, 3.63) is 23.8 Å². The molecule has 132 valence electrons. The molecule has 1 amide bonds. The lowest BCUT2D eigenvalue weighted by Crippen LogP contribution is -2.43. The molecule has 0 atom stereocenters. The molecule has 0 heterocycles. The van der Waals surface area contributed by atoms with E-state index in [9.17, 15) is 9.59 Å². The van der Waals surface area contributed by atoms with Crippen LogP contribution in [0.3, 0.4) is 0 Å². The number of nitrogens with one attached hydrogen (secondary N) is 1. The number of hydrogen-bond acceptors (Lipinski definition) is 5. The maximum absolute atomic E-state index is 12.8. The minimum atomic E-state index is -0.763. The number of esters is 1. The molecule has 6 heteroatoms. The van der Waals surface area contributed by atoms with Gasteiger partial charge in [0.25, 0.3) is 5.91 Å². The van der Waals surface area contributed by atoms with E-state index in [-0.39, 0.29) is 11.5 Å². The first-order valence-electron chi connectivity index (χ1n) is 8.28. The number of amides is 1. The van der Waals surface area contributed by atoms with Crippen molar-refractivity contribution in [2.24, 2.45) is 0 Å². The van der Waals surface area contributed by atoms with Crippen LogP contribution in [0, 0.1) is 0 Å². The molecular weight excluding hydrogens is 310 g/mol. The van der Waals surface area contributed by atoms with Crippen LogP contribution in [0.4, 0.5) is 5.69 Å². The largest absolute Gasteiger partial charge is 0.496 e. The van der Waals surface area contributed by atoms with Gasteiger partial charge in [-0.2, -0.15) is 0 Å². The Morgan fingerprint density at radius 1 is 1.21 bits per heavy atom. The maximum Gasteiger partial charge on any atom is 0.341 e. The van der Waals surface area contributed by atoms with Crippen LogP contribution in [0.5, 0.6) is 5.75 Å². The number of ether oxygens (including phenoxy) is 3. The summed E-state index contributed by atoms with van der Waals surface area (Å²) in [5.41, 5.74) is 0.0294. The quantitative estimate of drug-likeness (QED) is 0.775. The first kappa shape index (κ1) is 18.3. The van der Waals surface area contributed by atoms with Crippen LogP contribution in [0.2, 0.25) is 0 Å². The van der Waals surface area contributed by atoms with E-state index in [0.29, 0.717) is 18.0 Å². The maximum atomic E-state index is 12.8. The third-order valence-corrected chi connectivity index (χ3v) is 4.27. The SMILES string of the molecule is CCCOC1(C(=O)Nc2ccc(OC)c(C(=O)OC)c2)CCCC1. The summed E-state index contributed by atoms with van der Waals surface area (Å²) in [6.45, 7) is 2.58. The highest BCUT2D eigenvalue weighted by molar-refractivity contribution is 5.99. The van der Waals surface area contributed by atoms with Gasteiger partial charge in [0, 0.05) is 12.3 Å². The number of anilines is 1. The molecular formula is C18H25NO5. The van der Waals surface area contributed by atoms with Crippen molar-refractivity contribution in [1.29, 1.82) is 0 Å². The zero-order chi connectivity index (χ0) is 17.6. The van der Waals surface area contributed by atoms with Crippen LogP contribution >= 0.6 is 0 Å². The standard InChI is InChI=1S/C18H25NO5/c1-4-11-24-18(9-5-6-10-18)17(21)19-13-7-8-15(22-2)14(12-13)16(20)23-3/h7-8,12H,4-6,9-11H2,1-3H3,(H,19,21). The molecule has 0 radical (unpaired) electrons. The van der Waals surface area contributed by atoms with E-state index in [4.69, 9.17) is 14.2 Å². The summed E-state index contributed by atoms with van der Waals surface area (Å²) in [5, 5.41) is 2.88. The monoisotopic (exact) mass is 335 g/mol. The van der Waals surface area contributed by atoms with Crippen LogP contribution < -0.4 is 10.1 Å². The van der Waals surface area contributed by atoms with Crippen LogP contribution in [-0.4, -0.2) is 38.3 Å². The lowest BCUT2D eigenvalue weighted by atomic mass is 10.0. The van der Waals surface area contributed by atoms with Gasteiger partial charge in [0.05, 0.1) is 14.2 Å². The normalized spacial score (nSPS) is 15.8. The van der Waals surface area contributed by atoms with Gasteiger partial charge in [-0.1, -0.05) is 6.92 Å². The molecule has 1 aliphatic rings. The molecule has 1 aromatic rings. The molecule has 2 rings (SSSR count). The van der Waals surface area contributed by atoms with Gasteiger partial charge >= 0.3 is 5.97 Å². The van der Waals surface area contributed by atoms with Crippen LogP contribution in [0.25, 0.3) is 0 Å². The average Bonchev–Trinajstić information content (AvgIpc) is 3.09. The van der Waals surface area contributed by atoms with Crippen molar-refractivity contribution in [2.45, 2.75) is 44.6 Å². The van der Waals surface area contributed by atoms with Gasteiger partial charge in [0.1, 0.15) is 16.9 Å². The number of methoxy groups -OCH3 is 2. The van der Waals surface area contributed by atoms with Crippen LogP contribution in [0.1, 0.15) is 49.4 Å². The molecule has 0 bridgehead atoms. The first-order chi connectivity index (χ1) is 11.6. The lowest BCUT2D eigenvalue weighted by molar-refractivity contribution is -0.140. The molecule has 1 N–H and O–H groups in total. The van der Waals surface area contributed by atoms with E-state index in [2.05, 4.69) is 5.32 Å². The van der Waals surface area contributed by atoms with E-state index in [1.54, 1.807) is 18.2 Å². The fourth-order valence-electron chi connectivity index (χ4n) is 2.98. The van der Waals surface area contributed by atoms with E-state index in [0.717, 1.165) is 32.1 Å². The number of carbonyl (C=O) groups excluding carboxylic acids is 2. The van der Waals surface area contributed by atoms with Gasteiger partial charge < -0.3 is 19.5 Å². The minimum Gasteiger partial charge on any atom is -0.496 e. The molecule has 0 aromatic heterocycles. The Balaban J connectivity index is 2.20. The van der Waals surface area contributed by atoms with Crippen molar-refractivity contribution in [3.63, 3.8) is 0 Å². The smallest absolute Gasteiger partial charge is 0.341 e. The predicted molar refractivity (Wildman–Crippen MR) is 90.4 cm³/mol. The Morgan fingerprint density at radius 3 is 2.50 bits per heavy atom. The van der Waals surface area contributed by atoms with Crippen molar-refractivity contribution in [2.75, 3.05) is 26.1 Å². The van der Waals surface area contributed by atoms with E-state index in [1.165, 1.54) is 14.2 Å². The second-order valence-corrected chi connectivity index (χ2v) is 5.91. The molecule has 0 aliphatic heterocycles. The lowest BCUT2D eigenvalue weighted by Gasteiger charge is -2.28. The highest BCUT2D eigenvalue weighted by atomic mass is 16.5. The van der Waals surface area contributed by atoms with Gasteiger partial charge in [0.15, 0.2) is 0 Å². The minimum absolute atomic E-state index is 0.158. The van der Waals surface area contributed by atoms with E-state index in [1.807, 2.05) is 6.92 Å². The van der Waals surface area contributed by atoms with E-state index >= 15 is 0 Å².